The van der Waals surface area contributed by atoms with Gasteiger partial charge in [-0.1, -0.05) is 41.7 Å². The number of halogens is 1. The fraction of sp³-hybridized carbons (Fsp3) is 0.154. The van der Waals surface area contributed by atoms with E-state index in [0.717, 1.165) is 9.35 Å². The van der Waals surface area contributed by atoms with Gasteiger partial charge in [0, 0.05) is 6.42 Å². The number of hydrogen-bond acceptors (Lipinski definition) is 4. The molecule has 0 spiro atoms. The van der Waals surface area contributed by atoms with Crippen molar-refractivity contribution < 1.29 is 14.7 Å². The summed E-state index contributed by atoms with van der Waals surface area (Å²) in [7, 11) is 0. The molecule has 0 radical (unpaired) electrons. The minimum Gasteiger partial charge on any atom is -0.480 e. The summed E-state index contributed by atoms with van der Waals surface area (Å²) in [6, 6.07) is 7.51. The largest absolute Gasteiger partial charge is 0.480 e. The van der Waals surface area contributed by atoms with Crippen LogP contribution in [0.15, 0.2) is 40.3 Å². The van der Waals surface area contributed by atoms with Crippen molar-refractivity contribution in [1.29, 1.82) is 0 Å². The first-order valence-electron chi connectivity index (χ1n) is 6.00. The molecule has 1 heterocycles. The summed E-state index contributed by atoms with van der Waals surface area (Å²) >= 11 is 4.47. The van der Waals surface area contributed by atoms with Crippen molar-refractivity contribution >= 4 is 44.4 Å². The maximum Gasteiger partial charge on any atom is 0.326 e. The van der Waals surface area contributed by atoms with Crippen LogP contribution in [0.2, 0.25) is 0 Å². The number of aliphatic carboxylic acids is 1. The summed E-state index contributed by atoms with van der Waals surface area (Å²) in [5.41, 5.74) is 0.835. The van der Waals surface area contributed by atoms with Gasteiger partial charge < -0.3 is 10.4 Å². The Bertz CT molecular complexity index is 633. The number of amides is 2. The van der Waals surface area contributed by atoms with E-state index in [1.54, 1.807) is 6.20 Å². The van der Waals surface area contributed by atoms with Gasteiger partial charge in [0.25, 0.3) is 0 Å². The Morgan fingerprint density at radius 1 is 1.33 bits per heavy atom. The van der Waals surface area contributed by atoms with Gasteiger partial charge in [-0.2, -0.15) is 0 Å². The zero-order valence-corrected chi connectivity index (χ0v) is 13.1. The fourth-order valence-corrected chi connectivity index (χ4v) is 2.76. The summed E-state index contributed by atoms with van der Waals surface area (Å²) in [6.45, 7) is 0. The third kappa shape index (κ3) is 4.83. The number of nitrogens with zero attached hydrogens (tertiary/aromatic N) is 1. The number of carboxylic acid groups (broad SMARTS) is 1. The molecule has 0 aliphatic carbocycles. The number of thiazole rings is 1. The summed E-state index contributed by atoms with van der Waals surface area (Å²) in [6.07, 6.45) is 1.77. The first-order chi connectivity index (χ1) is 10.0. The lowest BCUT2D eigenvalue weighted by Gasteiger charge is -2.14. The molecule has 1 aromatic carbocycles. The normalized spacial score (nSPS) is 11.7. The van der Waals surface area contributed by atoms with E-state index >= 15 is 0 Å². The predicted molar refractivity (Wildman–Crippen MR) is 83.5 cm³/mol. The number of aromatic nitrogens is 1. The van der Waals surface area contributed by atoms with Crippen LogP contribution in [0.25, 0.3) is 0 Å². The van der Waals surface area contributed by atoms with Crippen molar-refractivity contribution in [3.05, 3.63) is 45.9 Å². The zero-order chi connectivity index (χ0) is 15.2. The van der Waals surface area contributed by atoms with Crippen molar-refractivity contribution in [3.63, 3.8) is 0 Å². The van der Waals surface area contributed by atoms with E-state index < -0.39 is 18.0 Å². The Morgan fingerprint density at radius 2 is 2.05 bits per heavy atom. The van der Waals surface area contributed by atoms with Gasteiger partial charge in [-0.15, -0.1) is 0 Å². The third-order valence-electron chi connectivity index (χ3n) is 2.58. The molecule has 0 unspecified atom stereocenters. The zero-order valence-electron chi connectivity index (χ0n) is 10.7. The van der Waals surface area contributed by atoms with E-state index in [1.165, 1.54) is 11.3 Å². The van der Waals surface area contributed by atoms with Gasteiger partial charge in [0.05, 0.1) is 9.98 Å². The highest BCUT2D eigenvalue weighted by molar-refractivity contribution is 9.11. The summed E-state index contributed by atoms with van der Waals surface area (Å²) in [5.74, 6) is -1.09. The Morgan fingerprint density at radius 3 is 2.62 bits per heavy atom. The molecule has 1 aromatic heterocycles. The molecule has 0 fully saturated rings. The number of nitrogens with one attached hydrogen (secondary N) is 2. The highest BCUT2D eigenvalue weighted by Crippen LogP contribution is 2.22. The molecule has 0 aliphatic rings. The van der Waals surface area contributed by atoms with Gasteiger partial charge in [-0.25, -0.2) is 14.6 Å². The van der Waals surface area contributed by atoms with E-state index in [-0.39, 0.29) is 6.42 Å². The van der Waals surface area contributed by atoms with Crippen LogP contribution in [-0.4, -0.2) is 28.1 Å². The number of urea groups is 1. The van der Waals surface area contributed by atoms with Crippen LogP contribution < -0.4 is 10.6 Å². The number of carbonyl (C=O) groups is 2. The summed E-state index contributed by atoms with van der Waals surface area (Å²) in [5, 5.41) is 14.5. The van der Waals surface area contributed by atoms with Gasteiger partial charge in [-0.3, -0.25) is 5.32 Å². The monoisotopic (exact) mass is 369 g/mol. The molecule has 2 rings (SSSR count). The van der Waals surface area contributed by atoms with Crippen molar-refractivity contribution in [2.75, 3.05) is 5.32 Å². The number of carboxylic acids is 1. The molecular weight excluding hydrogens is 358 g/mol. The van der Waals surface area contributed by atoms with Crippen LogP contribution in [0.4, 0.5) is 9.93 Å². The molecule has 21 heavy (non-hydrogen) atoms. The highest BCUT2D eigenvalue weighted by atomic mass is 79.9. The molecule has 8 heteroatoms. The number of anilines is 1. The van der Waals surface area contributed by atoms with Crippen molar-refractivity contribution in [3.8, 4) is 0 Å². The average molecular weight is 370 g/mol. The Balaban J connectivity index is 1.96. The van der Waals surface area contributed by atoms with Crippen LogP contribution in [0.3, 0.4) is 0 Å². The number of rotatable bonds is 5. The fourth-order valence-electron chi connectivity index (χ4n) is 1.65. The van der Waals surface area contributed by atoms with E-state index in [0.29, 0.717) is 5.13 Å². The first kappa shape index (κ1) is 15.5. The topological polar surface area (TPSA) is 91.3 Å². The van der Waals surface area contributed by atoms with Gasteiger partial charge in [0.15, 0.2) is 5.13 Å². The lowest BCUT2D eigenvalue weighted by Crippen LogP contribution is -2.44. The number of benzene rings is 1. The van der Waals surface area contributed by atoms with Crippen molar-refractivity contribution in [2.24, 2.45) is 0 Å². The van der Waals surface area contributed by atoms with Gasteiger partial charge in [0.2, 0.25) is 0 Å². The van der Waals surface area contributed by atoms with E-state index in [9.17, 15) is 14.7 Å². The average Bonchev–Trinajstić information content (AvgIpc) is 2.84. The standard InChI is InChI=1S/C13H12BrN3O3S/c14-10-7-15-13(21-10)17-12(20)16-9(11(18)19)6-8-4-2-1-3-5-8/h1-5,7,9H,6H2,(H,18,19)(H2,15,16,17,20)/t9-/m1/s1. The minimum absolute atomic E-state index is 0.213. The van der Waals surface area contributed by atoms with Crippen LogP contribution in [0.5, 0.6) is 0 Å². The highest BCUT2D eigenvalue weighted by Gasteiger charge is 2.20. The Labute approximate surface area is 133 Å². The molecule has 6 nitrogen and oxygen atoms in total. The molecule has 2 amide bonds. The molecule has 1 atom stereocenters. The smallest absolute Gasteiger partial charge is 0.326 e. The predicted octanol–water partition coefficient (Wildman–Crippen LogP) is 2.72. The Hall–Kier alpha value is -1.93. The van der Waals surface area contributed by atoms with Crippen LogP contribution in [0.1, 0.15) is 5.56 Å². The van der Waals surface area contributed by atoms with E-state index in [2.05, 4.69) is 31.5 Å². The lowest BCUT2D eigenvalue weighted by molar-refractivity contribution is -0.139. The molecule has 110 valence electrons. The summed E-state index contributed by atoms with van der Waals surface area (Å²) < 4.78 is 0.775. The van der Waals surface area contributed by atoms with Crippen molar-refractivity contribution in [1.82, 2.24) is 10.3 Å². The molecule has 0 saturated heterocycles. The maximum absolute atomic E-state index is 11.8. The van der Waals surface area contributed by atoms with Crippen LogP contribution in [0, 0.1) is 0 Å². The maximum atomic E-state index is 11.8. The second kappa shape index (κ2) is 7.19. The molecule has 0 bridgehead atoms. The SMILES string of the molecule is O=C(Nc1ncc(Br)s1)N[C@H](Cc1ccccc1)C(=O)O. The molecule has 0 aliphatic heterocycles. The molecule has 2 aromatic rings. The van der Waals surface area contributed by atoms with Crippen LogP contribution >= 0.6 is 27.3 Å². The minimum atomic E-state index is -1.09. The lowest BCUT2D eigenvalue weighted by atomic mass is 10.1. The first-order valence-corrected chi connectivity index (χ1v) is 7.61. The van der Waals surface area contributed by atoms with Crippen LogP contribution in [-0.2, 0) is 11.2 Å². The molecule has 0 saturated carbocycles. The second-order valence-corrected chi connectivity index (χ2v) is 6.56. The van der Waals surface area contributed by atoms with E-state index in [1.807, 2.05) is 30.3 Å². The summed E-state index contributed by atoms with van der Waals surface area (Å²) in [4.78, 5) is 27.0. The Kier molecular flexibility index (Phi) is 5.29. The van der Waals surface area contributed by atoms with Gasteiger partial charge >= 0.3 is 12.0 Å². The molecule has 3 N–H and O–H groups in total. The van der Waals surface area contributed by atoms with Gasteiger partial charge in [-0.05, 0) is 21.5 Å². The van der Waals surface area contributed by atoms with E-state index in [4.69, 9.17) is 0 Å². The van der Waals surface area contributed by atoms with Gasteiger partial charge in [0.1, 0.15) is 6.04 Å². The van der Waals surface area contributed by atoms with Crippen molar-refractivity contribution in [2.45, 2.75) is 12.5 Å². The second-order valence-electron chi connectivity index (χ2n) is 4.15. The third-order valence-corrected chi connectivity index (χ3v) is 3.98. The quantitative estimate of drug-likeness (QED) is 0.755. The molecular formula is C13H12BrN3O3S. The number of hydrogen-bond donors (Lipinski definition) is 3. The number of carbonyl (C=O) groups excluding carboxylic acids is 1.